The third-order valence-corrected chi connectivity index (χ3v) is 5.07. The monoisotopic (exact) mass is 364 g/mol. The number of nitrogens with zero attached hydrogens (tertiary/aromatic N) is 2. The van der Waals surface area contributed by atoms with Crippen molar-refractivity contribution < 1.29 is 27.2 Å². The Kier molecular flexibility index (Phi) is 4.84. The van der Waals surface area contributed by atoms with E-state index in [0.29, 0.717) is 17.2 Å². The third-order valence-electron chi connectivity index (χ3n) is 3.60. The molecule has 1 aromatic carbocycles. The molecule has 0 aliphatic carbocycles. The normalized spacial score (nSPS) is 18.2. The highest BCUT2D eigenvalue weighted by molar-refractivity contribution is 7.94. The van der Waals surface area contributed by atoms with E-state index in [2.05, 4.69) is 10.1 Å². The average Bonchev–Trinajstić information content (AvgIpc) is 3.19. The fourth-order valence-corrected chi connectivity index (χ4v) is 3.75. The maximum atomic E-state index is 11.8. The number of hydrogen-bond donors (Lipinski definition) is 0. The summed E-state index contributed by atoms with van der Waals surface area (Å²) in [6, 6.07) is 7.08. The molecule has 0 radical (unpaired) electrons. The standard InChI is InChI=1S/C16H16N2O6S/c1-22-13-4-2-12(3-5-13)16-17-14(18-24-16)9-23-15(19)8-11-6-7-25(20,21)10-11/h2-7,11H,8-10H2,1H3. The van der Waals surface area contributed by atoms with Crippen LogP contribution in [0.2, 0.25) is 0 Å². The zero-order valence-electron chi connectivity index (χ0n) is 13.4. The van der Waals surface area contributed by atoms with Crippen molar-refractivity contribution >= 4 is 15.8 Å². The van der Waals surface area contributed by atoms with Gasteiger partial charge in [-0.15, -0.1) is 0 Å². The van der Waals surface area contributed by atoms with E-state index in [9.17, 15) is 13.2 Å². The van der Waals surface area contributed by atoms with Crippen LogP contribution in [0, 0.1) is 5.92 Å². The van der Waals surface area contributed by atoms with E-state index in [1.165, 1.54) is 6.08 Å². The summed E-state index contributed by atoms with van der Waals surface area (Å²) in [5.41, 5.74) is 0.715. The number of methoxy groups -OCH3 is 1. The van der Waals surface area contributed by atoms with Crippen molar-refractivity contribution in [2.45, 2.75) is 13.0 Å². The molecular formula is C16H16N2O6S. The molecule has 25 heavy (non-hydrogen) atoms. The van der Waals surface area contributed by atoms with Gasteiger partial charge in [0.05, 0.1) is 19.3 Å². The van der Waals surface area contributed by atoms with Gasteiger partial charge in [0.1, 0.15) is 5.75 Å². The quantitative estimate of drug-likeness (QED) is 0.713. The highest BCUT2D eigenvalue weighted by Crippen LogP contribution is 2.21. The second-order valence-electron chi connectivity index (χ2n) is 5.53. The van der Waals surface area contributed by atoms with E-state index < -0.39 is 15.8 Å². The lowest BCUT2D eigenvalue weighted by atomic mass is 10.1. The number of aromatic nitrogens is 2. The molecule has 0 spiro atoms. The van der Waals surface area contributed by atoms with Crippen molar-refractivity contribution in [3.63, 3.8) is 0 Å². The lowest BCUT2D eigenvalue weighted by Crippen LogP contribution is -2.13. The molecule has 2 heterocycles. The van der Waals surface area contributed by atoms with E-state index in [-0.39, 0.29) is 30.5 Å². The molecule has 1 aromatic heterocycles. The largest absolute Gasteiger partial charge is 0.497 e. The Morgan fingerprint density at radius 2 is 2.08 bits per heavy atom. The first-order valence-corrected chi connectivity index (χ1v) is 9.20. The number of carbonyl (C=O) groups excluding carboxylic acids is 1. The number of sulfone groups is 1. The van der Waals surface area contributed by atoms with Crippen LogP contribution < -0.4 is 4.74 Å². The van der Waals surface area contributed by atoms with Gasteiger partial charge >= 0.3 is 5.97 Å². The van der Waals surface area contributed by atoms with Gasteiger partial charge in [0.2, 0.25) is 5.82 Å². The molecule has 1 atom stereocenters. The van der Waals surface area contributed by atoms with Gasteiger partial charge < -0.3 is 14.0 Å². The Labute approximate surface area is 144 Å². The molecule has 3 rings (SSSR count). The molecule has 0 amide bonds. The number of hydrogen-bond acceptors (Lipinski definition) is 8. The number of esters is 1. The van der Waals surface area contributed by atoms with E-state index in [1.54, 1.807) is 31.4 Å². The molecule has 0 saturated carbocycles. The molecular weight excluding hydrogens is 348 g/mol. The van der Waals surface area contributed by atoms with Gasteiger partial charge in [-0.05, 0) is 24.3 Å². The second kappa shape index (κ2) is 7.06. The van der Waals surface area contributed by atoms with Crippen LogP contribution in [0.15, 0.2) is 40.3 Å². The fourth-order valence-electron chi connectivity index (χ4n) is 2.35. The molecule has 0 saturated heterocycles. The highest BCUT2D eigenvalue weighted by Gasteiger charge is 2.24. The molecule has 9 heteroatoms. The van der Waals surface area contributed by atoms with Crippen LogP contribution in [0.4, 0.5) is 0 Å². The van der Waals surface area contributed by atoms with Crippen LogP contribution in [-0.4, -0.2) is 37.4 Å². The lowest BCUT2D eigenvalue weighted by molar-refractivity contribution is -0.145. The SMILES string of the molecule is COc1ccc(-c2nc(COC(=O)CC3C=CS(=O)(=O)C3)no2)cc1. The Hall–Kier alpha value is -2.68. The summed E-state index contributed by atoms with van der Waals surface area (Å²) >= 11 is 0. The molecule has 1 aliphatic rings. The van der Waals surface area contributed by atoms with Gasteiger partial charge in [0, 0.05) is 16.9 Å². The second-order valence-corrected chi connectivity index (χ2v) is 7.46. The number of rotatable bonds is 6. The minimum atomic E-state index is -3.18. The van der Waals surface area contributed by atoms with Gasteiger partial charge in [-0.3, -0.25) is 4.79 Å². The predicted octanol–water partition coefficient (Wildman–Crippen LogP) is 1.74. The highest BCUT2D eigenvalue weighted by atomic mass is 32.2. The van der Waals surface area contributed by atoms with Crippen molar-refractivity contribution in [1.82, 2.24) is 10.1 Å². The Morgan fingerprint density at radius 3 is 2.72 bits per heavy atom. The number of carbonyl (C=O) groups is 1. The molecule has 1 unspecified atom stereocenters. The van der Waals surface area contributed by atoms with Gasteiger partial charge in [0.15, 0.2) is 16.4 Å². The molecule has 0 N–H and O–H groups in total. The number of benzene rings is 1. The summed E-state index contributed by atoms with van der Waals surface area (Å²) in [6.45, 7) is -0.137. The minimum Gasteiger partial charge on any atom is -0.497 e. The van der Waals surface area contributed by atoms with Gasteiger partial charge in [-0.1, -0.05) is 11.2 Å². The molecule has 0 fully saturated rings. The summed E-state index contributed by atoms with van der Waals surface area (Å²) in [6.07, 6.45) is 1.51. The molecule has 1 aliphatic heterocycles. The van der Waals surface area contributed by atoms with Crippen LogP contribution in [0.25, 0.3) is 11.5 Å². The van der Waals surface area contributed by atoms with E-state index in [4.69, 9.17) is 14.0 Å². The van der Waals surface area contributed by atoms with Gasteiger partial charge in [-0.2, -0.15) is 4.98 Å². The third kappa shape index (κ3) is 4.44. The van der Waals surface area contributed by atoms with Crippen LogP contribution in [0.1, 0.15) is 12.2 Å². The van der Waals surface area contributed by atoms with Crippen LogP contribution in [0.5, 0.6) is 5.75 Å². The van der Waals surface area contributed by atoms with Crippen molar-refractivity contribution in [3.05, 3.63) is 41.6 Å². The van der Waals surface area contributed by atoms with E-state index >= 15 is 0 Å². The topological polar surface area (TPSA) is 109 Å². The molecule has 2 aromatic rings. The van der Waals surface area contributed by atoms with Crippen molar-refractivity contribution in [2.24, 2.45) is 5.92 Å². The first-order valence-electron chi connectivity index (χ1n) is 7.49. The summed E-state index contributed by atoms with van der Waals surface area (Å²) in [5.74, 6) is 0.319. The van der Waals surface area contributed by atoms with Crippen LogP contribution in [0.3, 0.4) is 0 Å². The fraction of sp³-hybridized carbons (Fsp3) is 0.312. The lowest BCUT2D eigenvalue weighted by Gasteiger charge is -2.05. The maximum Gasteiger partial charge on any atom is 0.306 e. The molecule has 0 bridgehead atoms. The predicted molar refractivity (Wildman–Crippen MR) is 87.1 cm³/mol. The van der Waals surface area contributed by atoms with Gasteiger partial charge in [0.25, 0.3) is 5.89 Å². The van der Waals surface area contributed by atoms with E-state index in [1.807, 2.05) is 0 Å². The molecule has 8 nitrogen and oxygen atoms in total. The maximum absolute atomic E-state index is 11.8. The summed E-state index contributed by atoms with van der Waals surface area (Å²) in [5, 5.41) is 4.89. The summed E-state index contributed by atoms with van der Waals surface area (Å²) < 4.78 is 37.9. The smallest absolute Gasteiger partial charge is 0.306 e. The minimum absolute atomic E-state index is 0.00107. The zero-order valence-corrected chi connectivity index (χ0v) is 14.2. The van der Waals surface area contributed by atoms with Gasteiger partial charge in [-0.25, -0.2) is 8.42 Å². The summed E-state index contributed by atoms with van der Waals surface area (Å²) in [4.78, 5) is 15.9. The Balaban J connectivity index is 1.53. The van der Waals surface area contributed by atoms with Crippen LogP contribution in [-0.2, 0) is 26.0 Å². The average molecular weight is 364 g/mol. The number of ether oxygens (including phenoxy) is 2. The first-order chi connectivity index (χ1) is 11.9. The van der Waals surface area contributed by atoms with Crippen LogP contribution >= 0.6 is 0 Å². The first kappa shape index (κ1) is 17.2. The van der Waals surface area contributed by atoms with E-state index in [0.717, 1.165) is 5.41 Å². The summed E-state index contributed by atoms with van der Waals surface area (Å²) in [7, 11) is -1.60. The Morgan fingerprint density at radius 1 is 1.32 bits per heavy atom. The zero-order chi connectivity index (χ0) is 17.9. The van der Waals surface area contributed by atoms with Crippen molar-refractivity contribution in [1.29, 1.82) is 0 Å². The number of allylic oxidation sites excluding steroid dienone is 1. The Bertz CT molecular complexity index is 886. The van der Waals surface area contributed by atoms with Crippen molar-refractivity contribution in [2.75, 3.05) is 12.9 Å². The van der Waals surface area contributed by atoms with Crippen molar-refractivity contribution in [3.8, 4) is 17.2 Å². The molecule has 132 valence electrons.